The van der Waals surface area contributed by atoms with E-state index in [9.17, 15) is 9.59 Å². The average molecular weight is 301 g/mol. The van der Waals surface area contributed by atoms with Crippen LogP contribution in [-0.2, 0) is 4.79 Å². The number of nitrogens with one attached hydrogen (secondary N) is 2. The van der Waals surface area contributed by atoms with E-state index < -0.39 is 0 Å². The summed E-state index contributed by atoms with van der Waals surface area (Å²) in [6, 6.07) is 1.88. The van der Waals surface area contributed by atoms with E-state index in [4.69, 9.17) is 4.74 Å². The van der Waals surface area contributed by atoms with E-state index in [1.807, 2.05) is 0 Å². The molecule has 0 bridgehead atoms. The zero-order chi connectivity index (χ0) is 15.2. The van der Waals surface area contributed by atoms with Crippen molar-refractivity contribution in [3.8, 4) is 5.88 Å². The number of hydrogen-bond donors (Lipinski definition) is 2. The van der Waals surface area contributed by atoms with Gasteiger partial charge in [0.2, 0.25) is 5.88 Å². The summed E-state index contributed by atoms with van der Waals surface area (Å²) in [4.78, 5) is 27.8. The van der Waals surface area contributed by atoms with E-state index in [1.54, 1.807) is 6.07 Å². The van der Waals surface area contributed by atoms with E-state index in [0.717, 1.165) is 12.8 Å². The van der Waals surface area contributed by atoms with Crippen molar-refractivity contribution in [2.24, 2.45) is 5.41 Å². The molecule has 1 aromatic heterocycles. The van der Waals surface area contributed by atoms with Gasteiger partial charge in [0.05, 0.1) is 5.56 Å². The maximum atomic E-state index is 12.4. The summed E-state index contributed by atoms with van der Waals surface area (Å²) in [5.41, 5.74) is 1.54. The lowest BCUT2D eigenvalue weighted by Crippen LogP contribution is -2.38. The Bertz CT molecular complexity index is 630. The molecular formula is C16H19N3O3. The van der Waals surface area contributed by atoms with Crippen LogP contribution < -0.4 is 15.4 Å². The lowest BCUT2D eigenvalue weighted by atomic mass is 9.83. The fourth-order valence-corrected chi connectivity index (χ4v) is 3.42. The number of anilines is 1. The fourth-order valence-electron chi connectivity index (χ4n) is 3.42. The molecule has 1 spiro atoms. The molecule has 3 aliphatic rings. The van der Waals surface area contributed by atoms with Gasteiger partial charge in [-0.25, -0.2) is 4.98 Å². The van der Waals surface area contributed by atoms with Gasteiger partial charge in [-0.3, -0.25) is 9.59 Å². The van der Waals surface area contributed by atoms with Crippen LogP contribution >= 0.6 is 0 Å². The van der Waals surface area contributed by atoms with Crippen molar-refractivity contribution in [3.63, 3.8) is 0 Å². The van der Waals surface area contributed by atoms with Crippen molar-refractivity contribution in [1.29, 1.82) is 0 Å². The predicted octanol–water partition coefficient (Wildman–Crippen LogP) is 1.87. The zero-order valence-corrected chi connectivity index (χ0v) is 12.4. The highest BCUT2D eigenvalue weighted by molar-refractivity contribution is 5.99. The summed E-state index contributed by atoms with van der Waals surface area (Å²) >= 11 is 0. The van der Waals surface area contributed by atoms with E-state index in [-0.39, 0.29) is 24.5 Å². The number of amides is 2. The molecule has 0 unspecified atom stereocenters. The van der Waals surface area contributed by atoms with Crippen molar-refractivity contribution in [1.82, 2.24) is 10.3 Å². The second kappa shape index (κ2) is 4.97. The molecule has 0 radical (unpaired) electrons. The molecule has 2 saturated carbocycles. The Morgan fingerprint density at radius 3 is 2.82 bits per heavy atom. The number of fused-ring (bicyclic) bond motifs is 1. The Labute approximate surface area is 128 Å². The summed E-state index contributed by atoms with van der Waals surface area (Å²) in [5.74, 6) is 0.00484. The van der Waals surface area contributed by atoms with Crippen LogP contribution in [0, 0.1) is 5.41 Å². The number of aromatic nitrogens is 1. The second-order valence-electron chi connectivity index (χ2n) is 6.66. The largest absolute Gasteiger partial charge is 0.466 e. The van der Waals surface area contributed by atoms with Gasteiger partial charge in [-0.1, -0.05) is 0 Å². The SMILES string of the molecule is O=C1COc2ncc(C(=O)NC3CCC4(CC3)CC4)cc2N1. The first-order chi connectivity index (χ1) is 10.6. The maximum Gasteiger partial charge on any atom is 0.262 e. The van der Waals surface area contributed by atoms with E-state index in [1.165, 1.54) is 31.9 Å². The summed E-state index contributed by atoms with van der Waals surface area (Å²) in [5, 5.41) is 5.76. The minimum absolute atomic E-state index is 0.0324. The van der Waals surface area contributed by atoms with E-state index in [2.05, 4.69) is 15.6 Å². The second-order valence-corrected chi connectivity index (χ2v) is 6.66. The average Bonchev–Trinajstić information content (AvgIpc) is 3.28. The van der Waals surface area contributed by atoms with Crippen LogP contribution in [-0.4, -0.2) is 29.4 Å². The molecule has 6 heteroatoms. The summed E-state index contributed by atoms with van der Waals surface area (Å²) < 4.78 is 5.20. The first-order valence-corrected chi connectivity index (χ1v) is 7.87. The minimum Gasteiger partial charge on any atom is -0.466 e. The van der Waals surface area contributed by atoms with Crippen LogP contribution in [0.2, 0.25) is 0 Å². The maximum absolute atomic E-state index is 12.4. The van der Waals surface area contributed by atoms with Crippen LogP contribution in [0.25, 0.3) is 0 Å². The van der Waals surface area contributed by atoms with Gasteiger partial charge in [-0.2, -0.15) is 0 Å². The van der Waals surface area contributed by atoms with Gasteiger partial charge in [-0.05, 0) is 50.0 Å². The van der Waals surface area contributed by atoms with Crippen molar-refractivity contribution in [2.75, 3.05) is 11.9 Å². The molecule has 2 aliphatic carbocycles. The highest BCUT2D eigenvalue weighted by atomic mass is 16.5. The fraction of sp³-hybridized carbons (Fsp3) is 0.562. The van der Waals surface area contributed by atoms with Crippen molar-refractivity contribution >= 4 is 17.5 Å². The first-order valence-electron chi connectivity index (χ1n) is 7.87. The third-order valence-corrected chi connectivity index (χ3v) is 5.07. The van der Waals surface area contributed by atoms with Gasteiger partial charge in [0.25, 0.3) is 11.8 Å². The molecule has 6 nitrogen and oxygen atoms in total. The highest BCUT2D eigenvalue weighted by Crippen LogP contribution is 2.56. The van der Waals surface area contributed by atoms with Crippen LogP contribution in [0.4, 0.5) is 5.69 Å². The van der Waals surface area contributed by atoms with Gasteiger partial charge in [-0.15, -0.1) is 0 Å². The third kappa shape index (κ3) is 2.53. The lowest BCUT2D eigenvalue weighted by molar-refractivity contribution is -0.118. The lowest BCUT2D eigenvalue weighted by Gasteiger charge is -2.29. The van der Waals surface area contributed by atoms with Gasteiger partial charge < -0.3 is 15.4 Å². The molecule has 4 rings (SSSR count). The van der Waals surface area contributed by atoms with Gasteiger partial charge in [0.15, 0.2) is 6.61 Å². The predicted molar refractivity (Wildman–Crippen MR) is 79.8 cm³/mol. The van der Waals surface area contributed by atoms with Crippen LogP contribution in [0.5, 0.6) is 5.88 Å². The number of carbonyl (C=O) groups excluding carboxylic acids is 2. The van der Waals surface area contributed by atoms with Crippen LogP contribution in [0.3, 0.4) is 0 Å². The smallest absolute Gasteiger partial charge is 0.262 e. The minimum atomic E-state index is -0.228. The number of ether oxygens (including phenoxy) is 1. The molecular weight excluding hydrogens is 282 g/mol. The van der Waals surface area contributed by atoms with Crippen molar-refractivity contribution in [2.45, 2.75) is 44.6 Å². The van der Waals surface area contributed by atoms with Gasteiger partial charge in [0.1, 0.15) is 5.69 Å². The van der Waals surface area contributed by atoms with Crippen molar-refractivity contribution in [3.05, 3.63) is 17.8 Å². The number of hydrogen-bond acceptors (Lipinski definition) is 4. The van der Waals surface area contributed by atoms with E-state index in [0.29, 0.717) is 22.5 Å². The number of rotatable bonds is 2. The monoisotopic (exact) mass is 301 g/mol. The molecule has 1 aliphatic heterocycles. The third-order valence-electron chi connectivity index (χ3n) is 5.07. The molecule has 2 heterocycles. The molecule has 0 aromatic carbocycles. The Hall–Kier alpha value is -2.11. The van der Waals surface area contributed by atoms with Crippen LogP contribution in [0.15, 0.2) is 12.3 Å². The summed E-state index contributed by atoms with van der Waals surface area (Å²) in [6.07, 6.45) is 8.80. The quantitative estimate of drug-likeness (QED) is 0.874. The molecule has 2 N–H and O–H groups in total. The van der Waals surface area contributed by atoms with E-state index >= 15 is 0 Å². The number of nitrogens with zero attached hydrogens (tertiary/aromatic N) is 1. The topological polar surface area (TPSA) is 80.3 Å². The number of carbonyl (C=O) groups is 2. The van der Waals surface area contributed by atoms with Crippen molar-refractivity contribution < 1.29 is 14.3 Å². The Kier molecular flexibility index (Phi) is 3.06. The highest BCUT2D eigenvalue weighted by Gasteiger charge is 2.44. The molecule has 22 heavy (non-hydrogen) atoms. The van der Waals surface area contributed by atoms with Gasteiger partial charge >= 0.3 is 0 Å². The summed E-state index contributed by atoms with van der Waals surface area (Å²) in [7, 11) is 0. The molecule has 0 atom stereocenters. The molecule has 0 saturated heterocycles. The zero-order valence-electron chi connectivity index (χ0n) is 12.4. The first kappa shape index (κ1) is 13.5. The molecule has 116 valence electrons. The molecule has 1 aromatic rings. The Balaban J connectivity index is 1.42. The Morgan fingerprint density at radius 1 is 1.32 bits per heavy atom. The molecule has 2 amide bonds. The van der Waals surface area contributed by atoms with Gasteiger partial charge in [0, 0.05) is 12.2 Å². The standard InChI is InChI=1S/C16H19N3O3/c20-13-9-22-15-12(19-13)7-10(8-17-15)14(21)18-11-1-3-16(4-2-11)5-6-16/h7-8,11H,1-6,9H2,(H,18,21)(H,19,20). The van der Waals surface area contributed by atoms with Crippen LogP contribution in [0.1, 0.15) is 48.9 Å². The normalized spacial score (nSPS) is 22.5. The Morgan fingerprint density at radius 2 is 2.09 bits per heavy atom. The number of pyridine rings is 1. The summed E-state index contributed by atoms with van der Waals surface area (Å²) in [6.45, 7) is -0.0324. The molecule has 2 fully saturated rings.